The van der Waals surface area contributed by atoms with E-state index in [0.717, 1.165) is 6.54 Å². The third-order valence-electron chi connectivity index (χ3n) is 0.568. The molecular weight excluding hydrogens is 80.1 g/mol. The Morgan fingerprint density at radius 2 is 2.80 bits per heavy atom. The molecule has 0 aromatic heterocycles. The normalized spacial score (nSPS) is 19.2. The highest BCUT2D eigenvalue weighted by atomic mass is 28.2. The van der Waals surface area contributed by atoms with Crippen molar-refractivity contribution in [3.8, 4) is 0 Å². The number of nitrogens with zero attached hydrogens (tertiary/aromatic N) is 1. The van der Waals surface area contributed by atoms with E-state index in [1.807, 2.05) is 0 Å². The van der Waals surface area contributed by atoms with Crippen LogP contribution in [0.15, 0.2) is 4.74 Å². The van der Waals surface area contributed by atoms with Crippen molar-refractivity contribution >= 4 is 9.31 Å². The second kappa shape index (κ2) is 1.31. The van der Waals surface area contributed by atoms with Crippen molar-refractivity contribution in [2.45, 2.75) is 6.04 Å². The van der Waals surface area contributed by atoms with Crippen molar-refractivity contribution in [2.75, 3.05) is 6.54 Å². The van der Waals surface area contributed by atoms with Gasteiger partial charge < -0.3 is 5.43 Å². The van der Waals surface area contributed by atoms with Crippen molar-refractivity contribution in [1.29, 1.82) is 0 Å². The third-order valence-corrected chi connectivity index (χ3v) is 1.48. The standard InChI is InChI=1S/C2H6N2Si/c1-2-5-4-3-1/h3,5H,1-2H2. The minimum absolute atomic E-state index is 0.440. The molecule has 0 amide bonds. The first-order chi connectivity index (χ1) is 2.50. The first kappa shape index (κ1) is 3.02. The van der Waals surface area contributed by atoms with Crippen molar-refractivity contribution in [3.63, 3.8) is 0 Å². The summed E-state index contributed by atoms with van der Waals surface area (Å²) in [6, 6.07) is 1.31. The quantitative estimate of drug-likeness (QED) is 0.396. The summed E-state index contributed by atoms with van der Waals surface area (Å²) < 4.78 is 3.92. The van der Waals surface area contributed by atoms with Gasteiger partial charge in [0.25, 0.3) is 0 Å². The molecular formula is C2H6N2Si. The summed E-state index contributed by atoms with van der Waals surface area (Å²) in [4.78, 5) is 0. The lowest BCUT2D eigenvalue weighted by Crippen LogP contribution is -1.95. The molecule has 28 valence electrons. The van der Waals surface area contributed by atoms with E-state index in [1.54, 1.807) is 0 Å². The minimum atomic E-state index is 0.440. The van der Waals surface area contributed by atoms with Crippen LogP contribution in [0.1, 0.15) is 0 Å². The lowest BCUT2D eigenvalue weighted by Gasteiger charge is -1.78. The van der Waals surface area contributed by atoms with Crippen LogP contribution >= 0.6 is 0 Å². The van der Waals surface area contributed by atoms with Gasteiger partial charge in [0.2, 0.25) is 0 Å². The molecule has 5 heavy (non-hydrogen) atoms. The summed E-state index contributed by atoms with van der Waals surface area (Å²) in [6.45, 7) is 1.12. The van der Waals surface area contributed by atoms with Gasteiger partial charge in [-0.1, -0.05) is 0 Å². The van der Waals surface area contributed by atoms with Crippen LogP contribution in [0.5, 0.6) is 0 Å². The van der Waals surface area contributed by atoms with E-state index in [2.05, 4.69) is 10.2 Å². The fourth-order valence-electron chi connectivity index (χ4n) is 0.323. The molecule has 1 N–H and O–H groups in total. The lowest BCUT2D eigenvalue weighted by molar-refractivity contribution is 0.828. The third kappa shape index (κ3) is 0.543. The Hall–Kier alpha value is -0.183. The van der Waals surface area contributed by atoms with Crippen LogP contribution in [0.4, 0.5) is 0 Å². The van der Waals surface area contributed by atoms with Crippen molar-refractivity contribution in [1.82, 2.24) is 5.43 Å². The Morgan fingerprint density at radius 3 is 3.00 bits per heavy atom. The summed E-state index contributed by atoms with van der Waals surface area (Å²) >= 11 is 0. The molecule has 1 aliphatic rings. The summed E-state index contributed by atoms with van der Waals surface area (Å²) in [5.41, 5.74) is 2.88. The van der Waals surface area contributed by atoms with E-state index in [4.69, 9.17) is 0 Å². The molecule has 0 atom stereocenters. The fourth-order valence-corrected chi connectivity index (χ4v) is 0.968. The van der Waals surface area contributed by atoms with Gasteiger partial charge in [0, 0.05) is 6.54 Å². The zero-order valence-corrected chi connectivity index (χ0v) is 4.09. The van der Waals surface area contributed by atoms with Gasteiger partial charge in [-0.15, -0.1) is 0 Å². The van der Waals surface area contributed by atoms with Crippen molar-refractivity contribution in [3.05, 3.63) is 0 Å². The Bertz CT molecular complexity index is 45.6. The number of hydrogen-bond donors (Lipinski definition) is 1. The van der Waals surface area contributed by atoms with Crippen LogP contribution in [0.2, 0.25) is 6.04 Å². The number of hydrogen-bond acceptors (Lipinski definition) is 2. The van der Waals surface area contributed by atoms with E-state index in [9.17, 15) is 0 Å². The van der Waals surface area contributed by atoms with Gasteiger partial charge in [-0.25, -0.2) is 4.74 Å². The monoisotopic (exact) mass is 86.0 g/mol. The SMILES string of the molecule is C1C[SiH]=NN1. The zero-order chi connectivity index (χ0) is 3.54. The van der Waals surface area contributed by atoms with E-state index < -0.39 is 0 Å². The molecule has 1 aliphatic heterocycles. The second-order valence-corrected chi connectivity index (χ2v) is 2.21. The van der Waals surface area contributed by atoms with Crippen LogP contribution in [0.3, 0.4) is 0 Å². The minimum Gasteiger partial charge on any atom is -0.320 e. The van der Waals surface area contributed by atoms with Crippen LogP contribution in [0.25, 0.3) is 0 Å². The molecule has 2 nitrogen and oxygen atoms in total. The van der Waals surface area contributed by atoms with Gasteiger partial charge in [-0.2, -0.15) is 0 Å². The highest BCUT2D eigenvalue weighted by molar-refractivity contribution is 6.22. The van der Waals surface area contributed by atoms with E-state index in [1.165, 1.54) is 6.04 Å². The fraction of sp³-hybridized carbons (Fsp3) is 1.00. The average Bonchev–Trinajstić information content (AvgIpc) is 1.76. The van der Waals surface area contributed by atoms with Gasteiger partial charge in [0.1, 0.15) is 9.31 Å². The molecule has 0 aromatic rings. The van der Waals surface area contributed by atoms with E-state index in [-0.39, 0.29) is 0 Å². The van der Waals surface area contributed by atoms with Crippen LogP contribution in [-0.4, -0.2) is 15.9 Å². The van der Waals surface area contributed by atoms with E-state index in [0.29, 0.717) is 9.31 Å². The van der Waals surface area contributed by atoms with E-state index >= 15 is 0 Å². The summed E-state index contributed by atoms with van der Waals surface area (Å²) in [5.74, 6) is 0. The van der Waals surface area contributed by atoms with Gasteiger partial charge in [-0.3, -0.25) is 0 Å². The smallest absolute Gasteiger partial charge is 0.140 e. The summed E-state index contributed by atoms with van der Waals surface area (Å²) in [7, 11) is 0.440. The molecule has 0 radical (unpaired) electrons. The van der Waals surface area contributed by atoms with Gasteiger partial charge in [0.05, 0.1) is 0 Å². The number of rotatable bonds is 0. The molecule has 1 heterocycles. The summed E-state index contributed by atoms with van der Waals surface area (Å²) in [6.07, 6.45) is 0. The molecule has 0 saturated carbocycles. The molecule has 3 heteroatoms. The topological polar surface area (TPSA) is 24.4 Å². The zero-order valence-electron chi connectivity index (χ0n) is 2.94. The maximum absolute atomic E-state index is 3.92. The molecule has 0 spiro atoms. The highest BCUT2D eigenvalue weighted by Crippen LogP contribution is 1.76. The Balaban J connectivity index is 2.32. The Morgan fingerprint density at radius 1 is 1.80 bits per heavy atom. The van der Waals surface area contributed by atoms with Crippen molar-refractivity contribution < 1.29 is 0 Å². The second-order valence-electron chi connectivity index (χ2n) is 1.01. The molecule has 0 aliphatic carbocycles. The maximum Gasteiger partial charge on any atom is 0.140 e. The van der Waals surface area contributed by atoms with Gasteiger partial charge >= 0.3 is 0 Å². The molecule has 1 rings (SSSR count). The Kier molecular flexibility index (Phi) is 0.790. The van der Waals surface area contributed by atoms with Crippen LogP contribution < -0.4 is 5.43 Å². The first-order valence-electron chi connectivity index (χ1n) is 1.74. The lowest BCUT2D eigenvalue weighted by atomic mass is 10.8. The molecule has 0 fully saturated rings. The van der Waals surface area contributed by atoms with Gasteiger partial charge in [-0.05, 0) is 6.04 Å². The average molecular weight is 86.2 g/mol. The first-order valence-corrected chi connectivity index (χ1v) is 3.08. The van der Waals surface area contributed by atoms with Crippen LogP contribution in [0, 0.1) is 0 Å². The van der Waals surface area contributed by atoms with Crippen LogP contribution in [-0.2, 0) is 0 Å². The van der Waals surface area contributed by atoms with Crippen molar-refractivity contribution in [2.24, 2.45) is 4.74 Å². The molecule has 0 saturated heterocycles. The molecule has 0 bridgehead atoms. The summed E-state index contributed by atoms with van der Waals surface area (Å²) in [5, 5.41) is 0. The molecule has 0 unspecified atom stereocenters. The largest absolute Gasteiger partial charge is 0.320 e. The maximum atomic E-state index is 3.92. The molecule has 0 aromatic carbocycles. The highest BCUT2D eigenvalue weighted by Gasteiger charge is 1.84. The number of nitrogens with one attached hydrogen (secondary N) is 1. The Labute approximate surface area is 33.1 Å². The predicted molar refractivity (Wildman–Crippen MR) is 22.4 cm³/mol. The predicted octanol–water partition coefficient (Wildman–Crippen LogP) is -0.457. The van der Waals surface area contributed by atoms with Gasteiger partial charge in [0.15, 0.2) is 0 Å².